The van der Waals surface area contributed by atoms with Gasteiger partial charge in [0.05, 0.1) is 5.69 Å². The third kappa shape index (κ3) is 2.05. The van der Waals surface area contributed by atoms with E-state index in [0.717, 1.165) is 30.6 Å². The van der Waals surface area contributed by atoms with Crippen LogP contribution in [0.25, 0.3) is 0 Å². The van der Waals surface area contributed by atoms with Crippen molar-refractivity contribution in [3.05, 3.63) is 29.6 Å². The van der Waals surface area contributed by atoms with Crippen molar-refractivity contribution in [2.45, 2.75) is 38.8 Å². The first-order valence-corrected chi connectivity index (χ1v) is 5.91. The second-order valence-electron chi connectivity index (χ2n) is 4.68. The molecule has 1 saturated heterocycles. The largest absolute Gasteiger partial charge is 0.366 e. The van der Waals surface area contributed by atoms with Crippen molar-refractivity contribution in [1.29, 1.82) is 0 Å². The molecule has 88 valence electrons. The topological polar surface area (TPSA) is 29.3 Å². The van der Waals surface area contributed by atoms with E-state index in [4.69, 9.17) is 5.73 Å². The molecule has 0 spiro atoms. The number of nitrogens with two attached hydrogens (primary N) is 1. The van der Waals surface area contributed by atoms with E-state index in [9.17, 15) is 4.39 Å². The van der Waals surface area contributed by atoms with Gasteiger partial charge in [-0.3, -0.25) is 0 Å². The minimum Gasteiger partial charge on any atom is -0.366 e. The van der Waals surface area contributed by atoms with Crippen molar-refractivity contribution in [2.75, 3.05) is 11.4 Å². The maximum absolute atomic E-state index is 13.9. The van der Waals surface area contributed by atoms with E-state index >= 15 is 0 Å². The minimum absolute atomic E-state index is 0.112. The van der Waals surface area contributed by atoms with Gasteiger partial charge in [0, 0.05) is 18.6 Å². The number of hydrogen-bond acceptors (Lipinski definition) is 2. The Morgan fingerprint density at radius 3 is 2.75 bits per heavy atom. The molecule has 3 heteroatoms. The zero-order valence-electron chi connectivity index (χ0n) is 9.91. The molecule has 1 aliphatic heterocycles. The fraction of sp³-hybridized carbons (Fsp3) is 0.538. The van der Waals surface area contributed by atoms with Gasteiger partial charge in [-0.05, 0) is 44.4 Å². The average molecular weight is 222 g/mol. The standard InChI is InChI=1S/C13H19FN2/c1-9-4-3-7-16(9)13-6-5-11(10(2)15)8-12(13)14/h5-6,8-10H,3-4,7,15H2,1-2H3. The van der Waals surface area contributed by atoms with Crippen LogP contribution in [0, 0.1) is 5.82 Å². The van der Waals surface area contributed by atoms with Gasteiger partial charge in [0.25, 0.3) is 0 Å². The van der Waals surface area contributed by atoms with Gasteiger partial charge in [-0.1, -0.05) is 6.07 Å². The summed E-state index contributed by atoms with van der Waals surface area (Å²) in [6.07, 6.45) is 2.30. The van der Waals surface area contributed by atoms with E-state index in [2.05, 4.69) is 11.8 Å². The molecule has 0 aliphatic carbocycles. The highest BCUT2D eigenvalue weighted by atomic mass is 19.1. The molecular formula is C13H19FN2. The molecule has 2 unspecified atom stereocenters. The predicted molar refractivity (Wildman–Crippen MR) is 65.0 cm³/mol. The second-order valence-corrected chi connectivity index (χ2v) is 4.68. The molecule has 2 nitrogen and oxygen atoms in total. The predicted octanol–water partition coefficient (Wildman–Crippen LogP) is 2.83. The van der Waals surface area contributed by atoms with Gasteiger partial charge in [0.1, 0.15) is 5.82 Å². The number of anilines is 1. The molecule has 2 N–H and O–H groups in total. The third-order valence-corrected chi connectivity index (χ3v) is 3.36. The van der Waals surface area contributed by atoms with Crippen molar-refractivity contribution in [2.24, 2.45) is 5.73 Å². The molecule has 0 bridgehead atoms. The molecule has 2 rings (SSSR count). The molecule has 1 aromatic rings. The summed E-state index contributed by atoms with van der Waals surface area (Å²) >= 11 is 0. The summed E-state index contributed by atoms with van der Waals surface area (Å²) in [5.41, 5.74) is 7.30. The van der Waals surface area contributed by atoms with E-state index in [0.29, 0.717) is 6.04 Å². The quantitative estimate of drug-likeness (QED) is 0.833. The Morgan fingerprint density at radius 1 is 1.50 bits per heavy atom. The molecule has 1 fully saturated rings. The Labute approximate surface area is 96.2 Å². The normalized spacial score (nSPS) is 22.5. The fourth-order valence-electron chi connectivity index (χ4n) is 2.33. The van der Waals surface area contributed by atoms with Gasteiger partial charge < -0.3 is 10.6 Å². The van der Waals surface area contributed by atoms with Gasteiger partial charge in [0.15, 0.2) is 0 Å². The van der Waals surface area contributed by atoms with Crippen LogP contribution in [0.4, 0.5) is 10.1 Å². The summed E-state index contributed by atoms with van der Waals surface area (Å²) in [5.74, 6) is -0.149. The molecule has 0 radical (unpaired) electrons. The van der Waals surface area contributed by atoms with Crippen molar-refractivity contribution in [3.63, 3.8) is 0 Å². The summed E-state index contributed by atoms with van der Waals surface area (Å²) < 4.78 is 13.9. The lowest BCUT2D eigenvalue weighted by Gasteiger charge is -2.24. The molecule has 1 aromatic carbocycles. The van der Waals surface area contributed by atoms with Crippen molar-refractivity contribution in [1.82, 2.24) is 0 Å². The maximum Gasteiger partial charge on any atom is 0.146 e. The molecule has 2 atom stereocenters. The van der Waals surface area contributed by atoms with Crippen LogP contribution in [0.15, 0.2) is 18.2 Å². The lowest BCUT2D eigenvalue weighted by atomic mass is 10.1. The van der Waals surface area contributed by atoms with Crippen LogP contribution in [0.3, 0.4) is 0 Å². The first-order valence-electron chi connectivity index (χ1n) is 5.91. The zero-order valence-corrected chi connectivity index (χ0v) is 9.91. The molecule has 0 aromatic heterocycles. The lowest BCUT2D eigenvalue weighted by molar-refractivity contribution is 0.609. The first-order chi connectivity index (χ1) is 7.59. The molecule has 16 heavy (non-hydrogen) atoms. The van der Waals surface area contributed by atoms with Gasteiger partial charge in [-0.2, -0.15) is 0 Å². The highest BCUT2D eigenvalue weighted by Gasteiger charge is 2.23. The summed E-state index contributed by atoms with van der Waals surface area (Å²) in [5, 5.41) is 0. The van der Waals surface area contributed by atoms with E-state index in [-0.39, 0.29) is 11.9 Å². The lowest BCUT2D eigenvalue weighted by Crippen LogP contribution is -2.27. The Kier molecular flexibility index (Phi) is 3.15. The zero-order chi connectivity index (χ0) is 11.7. The first kappa shape index (κ1) is 11.4. The van der Waals surface area contributed by atoms with Crippen molar-refractivity contribution in [3.8, 4) is 0 Å². The van der Waals surface area contributed by atoms with Gasteiger partial charge in [-0.15, -0.1) is 0 Å². The summed E-state index contributed by atoms with van der Waals surface area (Å²) in [6, 6.07) is 5.67. The summed E-state index contributed by atoms with van der Waals surface area (Å²) in [4.78, 5) is 2.14. The second kappa shape index (κ2) is 4.42. The van der Waals surface area contributed by atoms with E-state index in [1.54, 1.807) is 6.07 Å². The number of benzene rings is 1. The highest BCUT2D eigenvalue weighted by Crippen LogP contribution is 2.29. The van der Waals surface area contributed by atoms with Crippen LogP contribution in [-0.2, 0) is 0 Å². The third-order valence-electron chi connectivity index (χ3n) is 3.36. The van der Waals surface area contributed by atoms with Crippen molar-refractivity contribution < 1.29 is 4.39 Å². The van der Waals surface area contributed by atoms with E-state index < -0.39 is 0 Å². The van der Waals surface area contributed by atoms with Crippen LogP contribution in [-0.4, -0.2) is 12.6 Å². The van der Waals surface area contributed by atoms with Gasteiger partial charge in [-0.25, -0.2) is 4.39 Å². The molecule has 1 aliphatic rings. The number of halogens is 1. The molecule has 1 heterocycles. The summed E-state index contributed by atoms with van der Waals surface area (Å²) in [7, 11) is 0. The monoisotopic (exact) mass is 222 g/mol. The Morgan fingerprint density at radius 2 is 2.25 bits per heavy atom. The van der Waals surface area contributed by atoms with Crippen LogP contribution in [0.5, 0.6) is 0 Å². The van der Waals surface area contributed by atoms with Crippen molar-refractivity contribution >= 4 is 5.69 Å². The number of nitrogens with zero attached hydrogens (tertiary/aromatic N) is 1. The molecule has 0 amide bonds. The maximum atomic E-state index is 13.9. The smallest absolute Gasteiger partial charge is 0.146 e. The summed E-state index contributed by atoms with van der Waals surface area (Å²) in [6.45, 7) is 4.97. The number of rotatable bonds is 2. The molecular weight excluding hydrogens is 203 g/mol. The number of hydrogen-bond donors (Lipinski definition) is 1. The van der Waals surface area contributed by atoms with Gasteiger partial charge >= 0.3 is 0 Å². The fourth-order valence-corrected chi connectivity index (χ4v) is 2.33. The van der Waals surface area contributed by atoms with E-state index in [1.165, 1.54) is 0 Å². The highest BCUT2D eigenvalue weighted by molar-refractivity contribution is 5.51. The Hall–Kier alpha value is -1.09. The van der Waals surface area contributed by atoms with Crippen LogP contribution in [0.2, 0.25) is 0 Å². The average Bonchev–Trinajstić information content (AvgIpc) is 2.64. The SMILES string of the molecule is CC(N)c1ccc(N2CCCC2C)c(F)c1. The Balaban J connectivity index is 2.28. The van der Waals surface area contributed by atoms with Crippen LogP contribution < -0.4 is 10.6 Å². The van der Waals surface area contributed by atoms with Gasteiger partial charge in [0.2, 0.25) is 0 Å². The van der Waals surface area contributed by atoms with Crippen LogP contribution in [0.1, 0.15) is 38.3 Å². The Bertz CT molecular complexity index is 376. The minimum atomic E-state index is -0.149. The molecule has 0 saturated carbocycles. The van der Waals surface area contributed by atoms with E-state index in [1.807, 2.05) is 19.1 Å². The van der Waals surface area contributed by atoms with Crippen LogP contribution >= 0.6 is 0 Å².